The number of ether oxygens (including phenoxy) is 1. The first-order chi connectivity index (χ1) is 10.3. The molecule has 0 saturated carbocycles. The lowest BCUT2D eigenvalue weighted by Crippen LogP contribution is -2.20. The van der Waals surface area contributed by atoms with Crippen LogP contribution in [0.25, 0.3) is 0 Å². The molecule has 0 aromatic carbocycles. The average Bonchev–Trinajstić information content (AvgIpc) is 2.52. The van der Waals surface area contributed by atoms with Gasteiger partial charge in [-0.25, -0.2) is 0 Å². The molecule has 0 aliphatic carbocycles. The van der Waals surface area contributed by atoms with Crippen molar-refractivity contribution in [2.75, 3.05) is 41.8 Å². The predicted molar refractivity (Wildman–Crippen MR) is 88.3 cm³/mol. The van der Waals surface area contributed by atoms with Crippen LogP contribution in [-0.2, 0) is 0 Å². The van der Waals surface area contributed by atoms with Crippen molar-refractivity contribution in [3.63, 3.8) is 0 Å². The van der Waals surface area contributed by atoms with Gasteiger partial charge in [-0.3, -0.25) is 0 Å². The van der Waals surface area contributed by atoms with E-state index in [-0.39, 0.29) is 0 Å². The summed E-state index contributed by atoms with van der Waals surface area (Å²) in [5.41, 5.74) is 0. The van der Waals surface area contributed by atoms with E-state index in [1.165, 1.54) is 24.3 Å². The molecule has 2 N–H and O–H groups in total. The highest BCUT2D eigenvalue weighted by molar-refractivity contribution is 7.99. The van der Waals surface area contributed by atoms with Crippen molar-refractivity contribution >= 4 is 23.7 Å². The fourth-order valence-corrected chi connectivity index (χ4v) is 3.34. The van der Waals surface area contributed by atoms with Gasteiger partial charge in [0.2, 0.25) is 11.9 Å². The summed E-state index contributed by atoms with van der Waals surface area (Å²) < 4.78 is 5.41. The fraction of sp³-hybridized carbons (Fsp3) is 0.786. The summed E-state index contributed by atoms with van der Waals surface area (Å²) in [4.78, 5) is 13.0. The standard InChI is InChI=1S/C14H25N5OS/c1-3-7-15-12-17-13(19-14(18-12)20-4-2)16-10-11-5-8-21-9-6-11/h11H,3-10H2,1-2H3,(H2,15,16,17,18,19). The van der Waals surface area contributed by atoms with Gasteiger partial charge in [0.05, 0.1) is 6.61 Å². The van der Waals surface area contributed by atoms with E-state index in [0.717, 1.165) is 19.5 Å². The van der Waals surface area contributed by atoms with Crippen LogP contribution in [0, 0.1) is 5.92 Å². The van der Waals surface area contributed by atoms with E-state index >= 15 is 0 Å². The largest absolute Gasteiger partial charge is 0.464 e. The predicted octanol–water partition coefficient (Wildman–Crippen LogP) is 2.65. The molecule has 7 heteroatoms. The smallest absolute Gasteiger partial charge is 0.323 e. The zero-order valence-electron chi connectivity index (χ0n) is 12.9. The lowest BCUT2D eigenvalue weighted by Gasteiger charge is -2.21. The molecule has 2 heterocycles. The van der Waals surface area contributed by atoms with Crippen molar-refractivity contribution < 1.29 is 4.74 Å². The van der Waals surface area contributed by atoms with Gasteiger partial charge in [-0.1, -0.05) is 6.92 Å². The third kappa shape index (κ3) is 5.57. The molecule has 1 aromatic heterocycles. The first-order valence-corrected chi connectivity index (χ1v) is 8.91. The Hall–Kier alpha value is -1.24. The molecule has 0 unspecified atom stereocenters. The first-order valence-electron chi connectivity index (χ1n) is 7.76. The van der Waals surface area contributed by atoms with Gasteiger partial charge in [0, 0.05) is 13.1 Å². The van der Waals surface area contributed by atoms with E-state index in [0.29, 0.717) is 30.4 Å². The zero-order chi connectivity index (χ0) is 14.9. The highest BCUT2D eigenvalue weighted by atomic mass is 32.2. The summed E-state index contributed by atoms with van der Waals surface area (Å²) >= 11 is 2.04. The van der Waals surface area contributed by atoms with Crippen LogP contribution in [0.2, 0.25) is 0 Å². The number of rotatable bonds is 8. The first kappa shape index (κ1) is 16.1. The van der Waals surface area contributed by atoms with E-state index in [2.05, 4.69) is 32.5 Å². The van der Waals surface area contributed by atoms with Gasteiger partial charge in [0.25, 0.3) is 0 Å². The van der Waals surface area contributed by atoms with Crippen molar-refractivity contribution in [2.45, 2.75) is 33.1 Å². The third-order valence-electron chi connectivity index (χ3n) is 3.31. The normalized spacial score (nSPS) is 15.7. The molecular weight excluding hydrogens is 286 g/mol. The molecule has 1 fully saturated rings. The van der Waals surface area contributed by atoms with E-state index in [1.807, 2.05) is 18.7 Å². The van der Waals surface area contributed by atoms with Crippen molar-refractivity contribution in [1.82, 2.24) is 15.0 Å². The maximum Gasteiger partial charge on any atom is 0.323 e. The Morgan fingerprint density at radius 2 is 1.81 bits per heavy atom. The fourth-order valence-electron chi connectivity index (χ4n) is 2.13. The summed E-state index contributed by atoms with van der Waals surface area (Å²) in [5, 5.41) is 6.52. The molecule has 118 valence electrons. The highest BCUT2D eigenvalue weighted by Crippen LogP contribution is 2.23. The number of hydrogen-bond donors (Lipinski definition) is 2. The van der Waals surface area contributed by atoms with Crippen LogP contribution in [0.15, 0.2) is 0 Å². The average molecular weight is 311 g/mol. The molecule has 0 amide bonds. The minimum atomic E-state index is 0.382. The van der Waals surface area contributed by atoms with Crippen LogP contribution < -0.4 is 15.4 Å². The van der Waals surface area contributed by atoms with Gasteiger partial charge in [0.15, 0.2) is 0 Å². The van der Waals surface area contributed by atoms with Crippen LogP contribution >= 0.6 is 11.8 Å². The Bertz CT molecular complexity index is 426. The van der Waals surface area contributed by atoms with Gasteiger partial charge in [-0.05, 0) is 43.6 Å². The number of nitrogens with one attached hydrogen (secondary N) is 2. The summed E-state index contributed by atoms with van der Waals surface area (Å²) in [6.07, 6.45) is 3.56. The Kier molecular flexibility index (Phi) is 6.85. The zero-order valence-corrected chi connectivity index (χ0v) is 13.7. The number of hydrogen-bond acceptors (Lipinski definition) is 7. The Morgan fingerprint density at radius 3 is 2.48 bits per heavy atom. The quantitative estimate of drug-likeness (QED) is 0.764. The van der Waals surface area contributed by atoms with E-state index in [1.54, 1.807) is 0 Å². The SMILES string of the molecule is CCCNc1nc(NCC2CCSCC2)nc(OCC)n1. The maximum atomic E-state index is 5.41. The highest BCUT2D eigenvalue weighted by Gasteiger charge is 2.14. The summed E-state index contributed by atoms with van der Waals surface area (Å²) in [5.74, 6) is 4.42. The molecule has 2 rings (SSSR count). The van der Waals surface area contributed by atoms with Gasteiger partial charge in [0.1, 0.15) is 0 Å². The topological polar surface area (TPSA) is 72.0 Å². The van der Waals surface area contributed by atoms with E-state index in [4.69, 9.17) is 4.74 Å². The maximum absolute atomic E-state index is 5.41. The molecule has 1 aliphatic rings. The summed E-state index contributed by atoms with van der Waals surface area (Å²) in [6, 6.07) is 0.382. The van der Waals surface area contributed by atoms with Crippen LogP contribution in [0.5, 0.6) is 6.01 Å². The van der Waals surface area contributed by atoms with Crippen molar-refractivity contribution in [1.29, 1.82) is 0 Å². The minimum Gasteiger partial charge on any atom is -0.464 e. The van der Waals surface area contributed by atoms with Gasteiger partial charge >= 0.3 is 6.01 Å². The molecule has 0 atom stereocenters. The molecule has 1 aromatic rings. The summed E-state index contributed by atoms with van der Waals surface area (Å²) in [6.45, 7) is 6.35. The lowest BCUT2D eigenvalue weighted by atomic mass is 10.0. The van der Waals surface area contributed by atoms with Crippen LogP contribution in [-0.4, -0.2) is 46.2 Å². The number of aromatic nitrogens is 3. The molecule has 0 radical (unpaired) electrons. The van der Waals surface area contributed by atoms with Crippen LogP contribution in [0.3, 0.4) is 0 Å². The minimum absolute atomic E-state index is 0.382. The molecular formula is C14H25N5OS. The van der Waals surface area contributed by atoms with Gasteiger partial charge in [-0.15, -0.1) is 0 Å². The number of thioether (sulfide) groups is 1. The molecule has 1 saturated heterocycles. The molecule has 0 spiro atoms. The van der Waals surface area contributed by atoms with E-state index < -0.39 is 0 Å². The Balaban J connectivity index is 1.96. The van der Waals surface area contributed by atoms with Crippen LogP contribution in [0.4, 0.5) is 11.9 Å². The van der Waals surface area contributed by atoms with Crippen LogP contribution in [0.1, 0.15) is 33.1 Å². The van der Waals surface area contributed by atoms with E-state index in [9.17, 15) is 0 Å². The molecule has 0 bridgehead atoms. The Morgan fingerprint density at radius 1 is 1.10 bits per heavy atom. The summed E-state index contributed by atoms with van der Waals surface area (Å²) in [7, 11) is 0. The molecule has 1 aliphatic heterocycles. The second-order valence-electron chi connectivity index (χ2n) is 5.06. The van der Waals surface area contributed by atoms with Gasteiger partial charge < -0.3 is 15.4 Å². The second-order valence-corrected chi connectivity index (χ2v) is 6.29. The van der Waals surface area contributed by atoms with Crippen molar-refractivity contribution in [2.24, 2.45) is 5.92 Å². The monoisotopic (exact) mass is 311 g/mol. The third-order valence-corrected chi connectivity index (χ3v) is 4.36. The molecule has 6 nitrogen and oxygen atoms in total. The van der Waals surface area contributed by atoms with Gasteiger partial charge in [-0.2, -0.15) is 26.7 Å². The lowest BCUT2D eigenvalue weighted by molar-refractivity contribution is 0.312. The Labute approximate surface area is 130 Å². The second kappa shape index (κ2) is 8.92. The number of anilines is 2. The molecule has 21 heavy (non-hydrogen) atoms. The van der Waals surface area contributed by atoms with Crippen molar-refractivity contribution in [3.05, 3.63) is 0 Å². The number of nitrogens with zero attached hydrogens (tertiary/aromatic N) is 3. The van der Waals surface area contributed by atoms with Crippen molar-refractivity contribution in [3.8, 4) is 6.01 Å².